The number of aromatic nitrogens is 1. The van der Waals surface area contributed by atoms with Gasteiger partial charge >= 0.3 is 0 Å². The maximum absolute atomic E-state index is 14.1. The molecule has 4 aromatic rings. The van der Waals surface area contributed by atoms with Crippen LogP contribution >= 0.6 is 11.3 Å². The van der Waals surface area contributed by atoms with Gasteiger partial charge in [-0.15, -0.1) is 11.3 Å². The molecule has 0 fully saturated rings. The van der Waals surface area contributed by atoms with E-state index in [1.807, 2.05) is 38.1 Å². The topological polar surface area (TPSA) is 141 Å². The number of nitrogens with one attached hydrogen (secondary N) is 3. The van der Waals surface area contributed by atoms with Crippen molar-refractivity contribution < 1.29 is 31.9 Å². The number of anilines is 1. The van der Waals surface area contributed by atoms with Gasteiger partial charge in [-0.25, -0.2) is 17.2 Å². The number of rotatable bonds is 18. The third-order valence-corrected chi connectivity index (χ3v) is 10.5. The molecule has 10 nitrogen and oxygen atoms in total. The number of carbonyl (C=O) groups is 2. The fourth-order valence-corrected chi connectivity index (χ4v) is 7.34. The van der Waals surface area contributed by atoms with Crippen molar-refractivity contribution in [3.05, 3.63) is 112 Å². The number of aliphatic hydroxyl groups is 1. The van der Waals surface area contributed by atoms with Crippen LogP contribution < -0.4 is 15.4 Å². The normalized spacial score (nSPS) is 12.7. The van der Waals surface area contributed by atoms with Gasteiger partial charge < -0.3 is 20.6 Å². The lowest BCUT2D eigenvalue weighted by Gasteiger charge is -2.26. The van der Waals surface area contributed by atoms with Crippen molar-refractivity contribution in [1.29, 1.82) is 0 Å². The summed E-state index contributed by atoms with van der Waals surface area (Å²) in [5.74, 6) is -2.72. The van der Waals surface area contributed by atoms with Crippen molar-refractivity contribution in [2.75, 3.05) is 24.4 Å². The molecule has 0 aliphatic heterocycles. The number of nitrogens with zero attached hydrogens (tertiary/aromatic N) is 2. The van der Waals surface area contributed by atoms with Gasteiger partial charge in [-0.2, -0.15) is 0 Å². The van der Waals surface area contributed by atoms with Gasteiger partial charge in [-0.05, 0) is 72.7 Å². The van der Waals surface area contributed by atoms with Gasteiger partial charge in [0.15, 0.2) is 4.21 Å². The molecule has 1 aromatic heterocycles. The van der Waals surface area contributed by atoms with Crippen LogP contribution in [0.15, 0.2) is 76.6 Å². The third kappa shape index (κ3) is 10.9. The van der Waals surface area contributed by atoms with Crippen LogP contribution in [-0.4, -0.2) is 67.0 Å². The second-order valence-electron chi connectivity index (χ2n) is 12.0. The summed E-state index contributed by atoms with van der Waals surface area (Å²) < 4.78 is 56.8. The zero-order valence-electron chi connectivity index (χ0n) is 28.3. The number of halogens is 2. The van der Waals surface area contributed by atoms with Crippen LogP contribution in [-0.2, 0) is 29.4 Å². The zero-order chi connectivity index (χ0) is 36.3. The minimum atomic E-state index is -4.09. The molecule has 0 unspecified atom stereocenters. The molecular formula is C36H43F2N5O5S2. The molecule has 0 spiro atoms. The number of aryl methyl sites for hydroxylation is 1. The second-order valence-corrected chi connectivity index (χ2v) is 14.7. The van der Waals surface area contributed by atoms with Crippen molar-refractivity contribution in [2.24, 2.45) is 0 Å². The number of carbonyl (C=O) groups excluding carboxylic acids is 2. The minimum absolute atomic E-state index is 0.0253. The van der Waals surface area contributed by atoms with E-state index in [2.05, 4.69) is 27.3 Å². The maximum Gasteiger partial charge on any atom is 0.273 e. The summed E-state index contributed by atoms with van der Waals surface area (Å²) in [6.45, 7) is 7.29. The highest BCUT2D eigenvalue weighted by molar-refractivity contribution is 7.94. The Morgan fingerprint density at radius 2 is 1.60 bits per heavy atom. The van der Waals surface area contributed by atoms with E-state index < -0.39 is 39.7 Å². The summed E-state index contributed by atoms with van der Waals surface area (Å²) in [4.78, 5) is 33.0. The Hall–Kier alpha value is -4.24. The largest absolute Gasteiger partial charge is 0.390 e. The molecule has 3 aromatic carbocycles. The zero-order valence-corrected chi connectivity index (χ0v) is 29.9. The second kappa shape index (κ2) is 18.1. The summed E-state index contributed by atoms with van der Waals surface area (Å²) in [6, 6.07) is 13.9. The number of aliphatic hydroxyl groups excluding tert-OH is 1. The Morgan fingerprint density at radius 1 is 0.920 bits per heavy atom. The Morgan fingerprint density at radius 3 is 2.24 bits per heavy atom. The van der Waals surface area contributed by atoms with E-state index in [4.69, 9.17) is 0 Å². The highest BCUT2D eigenvalue weighted by Crippen LogP contribution is 2.23. The Bertz CT molecular complexity index is 1830. The lowest BCUT2D eigenvalue weighted by atomic mass is 9.99. The van der Waals surface area contributed by atoms with Gasteiger partial charge in [0.05, 0.1) is 29.5 Å². The van der Waals surface area contributed by atoms with E-state index in [-0.39, 0.29) is 45.5 Å². The molecule has 2 amide bonds. The van der Waals surface area contributed by atoms with Gasteiger partial charge in [0, 0.05) is 43.4 Å². The summed E-state index contributed by atoms with van der Waals surface area (Å²) in [5.41, 5.74) is 3.74. The van der Waals surface area contributed by atoms with Gasteiger partial charge in [-0.1, -0.05) is 45.0 Å². The fraction of sp³-hybridized carbons (Fsp3) is 0.361. The molecule has 0 aliphatic rings. The molecule has 268 valence electrons. The monoisotopic (exact) mass is 727 g/mol. The molecule has 0 bridgehead atoms. The number of thiazole rings is 1. The van der Waals surface area contributed by atoms with Gasteiger partial charge in [0.1, 0.15) is 11.6 Å². The van der Waals surface area contributed by atoms with Crippen molar-refractivity contribution >= 4 is 38.9 Å². The number of hydrogen-bond acceptors (Lipinski definition) is 8. The van der Waals surface area contributed by atoms with E-state index in [9.17, 15) is 31.9 Å². The van der Waals surface area contributed by atoms with Crippen LogP contribution in [0.5, 0.6) is 0 Å². The van der Waals surface area contributed by atoms with Crippen LogP contribution in [0, 0.1) is 11.6 Å². The molecule has 14 heteroatoms. The van der Waals surface area contributed by atoms with Crippen LogP contribution in [0.1, 0.15) is 71.0 Å². The fourth-order valence-electron chi connectivity index (χ4n) is 5.50. The van der Waals surface area contributed by atoms with Gasteiger partial charge in [0.2, 0.25) is 0 Å². The number of benzene rings is 3. The number of sulfonamides is 1. The number of amides is 2. The molecule has 0 saturated heterocycles. The molecule has 50 heavy (non-hydrogen) atoms. The predicted octanol–water partition coefficient (Wildman–Crippen LogP) is 5.54. The first-order valence-electron chi connectivity index (χ1n) is 16.5. The summed E-state index contributed by atoms with van der Waals surface area (Å²) in [6.07, 6.45) is 2.10. The van der Waals surface area contributed by atoms with Crippen LogP contribution in [0.3, 0.4) is 0 Å². The summed E-state index contributed by atoms with van der Waals surface area (Å²) in [5, 5.41) is 17.3. The average Bonchev–Trinajstić information content (AvgIpc) is 3.63. The summed E-state index contributed by atoms with van der Waals surface area (Å²) in [7, 11) is -4.09. The van der Waals surface area contributed by atoms with E-state index in [1.54, 1.807) is 4.90 Å². The standard InChI is InChI=1S/C36H43F2N5O5S2/c1-4-10-43(11-5-2)36(46)28-16-27(17-31(18-28)42-50(47,48)34-22-40-23-49-34)35(45)41-32(15-26-13-29(37)19-30(38)14-26)33(44)21-39-20-25-9-7-8-24(6-3)12-25/h7-9,12-14,16-19,22-23,32-33,39,42,44H,4-6,10-11,15,20-21H2,1-3H3,(H,41,45)/t32-,33+/m0/s1. The first-order chi connectivity index (χ1) is 23.9. The quantitative estimate of drug-likeness (QED) is 0.106. The molecule has 1 heterocycles. The molecule has 0 radical (unpaired) electrons. The lowest BCUT2D eigenvalue weighted by molar-refractivity contribution is 0.0755. The molecule has 4 N–H and O–H groups in total. The molecular weight excluding hydrogens is 685 g/mol. The maximum atomic E-state index is 14.1. The van der Waals surface area contributed by atoms with Crippen molar-refractivity contribution in [3.8, 4) is 0 Å². The molecule has 0 aliphatic carbocycles. The third-order valence-electron chi connectivity index (χ3n) is 7.88. The Kier molecular flexibility index (Phi) is 14.0. The first kappa shape index (κ1) is 38.6. The SMILES string of the molecule is CCCN(CCC)C(=O)c1cc(NS(=O)(=O)c2cncs2)cc(C(=O)N[C@@H](Cc2cc(F)cc(F)c2)[C@H](O)CNCc2cccc(CC)c2)c1. The van der Waals surface area contributed by atoms with E-state index >= 15 is 0 Å². The molecule has 0 saturated carbocycles. The van der Waals surface area contributed by atoms with E-state index in [1.165, 1.54) is 29.9 Å². The van der Waals surface area contributed by atoms with Crippen LogP contribution in [0.2, 0.25) is 0 Å². The van der Waals surface area contributed by atoms with E-state index in [0.29, 0.717) is 32.5 Å². The molecule has 4 rings (SSSR count). The van der Waals surface area contributed by atoms with E-state index in [0.717, 1.165) is 47.1 Å². The predicted molar refractivity (Wildman–Crippen MR) is 191 cm³/mol. The highest BCUT2D eigenvalue weighted by Gasteiger charge is 2.26. The van der Waals surface area contributed by atoms with Crippen LogP contribution in [0.4, 0.5) is 14.5 Å². The van der Waals surface area contributed by atoms with Gasteiger partial charge in [-0.3, -0.25) is 19.3 Å². The van der Waals surface area contributed by atoms with Crippen molar-refractivity contribution in [3.63, 3.8) is 0 Å². The van der Waals surface area contributed by atoms with Crippen molar-refractivity contribution in [1.82, 2.24) is 20.5 Å². The van der Waals surface area contributed by atoms with Gasteiger partial charge in [0.25, 0.3) is 21.8 Å². The smallest absolute Gasteiger partial charge is 0.273 e. The molecule has 2 atom stereocenters. The lowest BCUT2D eigenvalue weighted by Crippen LogP contribution is -2.48. The summed E-state index contributed by atoms with van der Waals surface area (Å²) >= 11 is 0.906. The first-order valence-corrected chi connectivity index (χ1v) is 18.9. The highest BCUT2D eigenvalue weighted by atomic mass is 32.2. The van der Waals surface area contributed by atoms with Crippen molar-refractivity contribution in [2.45, 2.75) is 69.4 Å². The number of hydrogen-bond donors (Lipinski definition) is 4. The van der Waals surface area contributed by atoms with Crippen LogP contribution in [0.25, 0.3) is 0 Å². The Balaban J connectivity index is 1.64. The minimum Gasteiger partial charge on any atom is -0.390 e. The average molecular weight is 728 g/mol. The Labute approximate surface area is 296 Å².